The van der Waals surface area contributed by atoms with Gasteiger partial charge in [0.15, 0.2) is 0 Å². The summed E-state index contributed by atoms with van der Waals surface area (Å²) < 4.78 is 5.14. The number of amides is 1. The molecule has 0 heterocycles. The standard InChI is InChI=1S/C11H23NO2/c1-4-7-10-14-11(13)12(8-5-2)9-6-3/h4-10H2,1-3H3. The lowest BCUT2D eigenvalue weighted by Gasteiger charge is -2.20. The molecule has 14 heavy (non-hydrogen) atoms. The van der Waals surface area contributed by atoms with Gasteiger partial charge in [0.2, 0.25) is 0 Å². The smallest absolute Gasteiger partial charge is 0.409 e. The maximum atomic E-state index is 11.5. The van der Waals surface area contributed by atoms with E-state index in [1.54, 1.807) is 4.90 Å². The van der Waals surface area contributed by atoms with Gasteiger partial charge in [-0.2, -0.15) is 0 Å². The average molecular weight is 201 g/mol. The number of unbranched alkanes of at least 4 members (excludes halogenated alkanes) is 1. The zero-order valence-electron chi connectivity index (χ0n) is 9.71. The normalized spacial score (nSPS) is 9.93. The van der Waals surface area contributed by atoms with E-state index < -0.39 is 0 Å². The summed E-state index contributed by atoms with van der Waals surface area (Å²) in [6.07, 6.45) is 3.85. The molecule has 0 rings (SSSR count). The first-order valence-corrected chi connectivity index (χ1v) is 5.67. The third-order valence-electron chi connectivity index (χ3n) is 1.97. The van der Waals surface area contributed by atoms with E-state index in [1.807, 2.05) is 0 Å². The van der Waals surface area contributed by atoms with Gasteiger partial charge in [-0.05, 0) is 19.3 Å². The Morgan fingerprint density at radius 2 is 1.64 bits per heavy atom. The Bertz CT molecular complexity index is 142. The predicted octanol–water partition coefficient (Wildman–Crippen LogP) is 3.05. The topological polar surface area (TPSA) is 29.5 Å². The molecule has 0 N–H and O–H groups in total. The summed E-state index contributed by atoms with van der Waals surface area (Å²) in [7, 11) is 0. The Balaban J connectivity index is 3.76. The molecule has 0 aromatic rings. The number of rotatable bonds is 7. The van der Waals surface area contributed by atoms with Crippen LogP contribution >= 0.6 is 0 Å². The van der Waals surface area contributed by atoms with Crippen LogP contribution in [0.4, 0.5) is 4.79 Å². The fourth-order valence-electron chi connectivity index (χ4n) is 1.23. The van der Waals surface area contributed by atoms with Crippen molar-refractivity contribution in [2.75, 3.05) is 19.7 Å². The summed E-state index contributed by atoms with van der Waals surface area (Å²) in [6, 6.07) is 0. The third-order valence-corrected chi connectivity index (χ3v) is 1.97. The highest BCUT2D eigenvalue weighted by molar-refractivity contribution is 5.67. The molecule has 0 atom stereocenters. The van der Waals surface area contributed by atoms with E-state index in [0.717, 1.165) is 38.8 Å². The minimum Gasteiger partial charge on any atom is -0.449 e. The molecule has 3 nitrogen and oxygen atoms in total. The molecule has 0 bridgehead atoms. The van der Waals surface area contributed by atoms with Crippen molar-refractivity contribution in [3.05, 3.63) is 0 Å². The predicted molar refractivity (Wildman–Crippen MR) is 58.4 cm³/mol. The number of carbonyl (C=O) groups is 1. The van der Waals surface area contributed by atoms with Crippen molar-refractivity contribution in [3.63, 3.8) is 0 Å². The molecule has 0 spiro atoms. The molecule has 0 aromatic carbocycles. The van der Waals surface area contributed by atoms with Crippen LogP contribution in [0, 0.1) is 0 Å². The van der Waals surface area contributed by atoms with Crippen molar-refractivity contribution in [1.82, 2.24) is 4.90 Å². The Hall–Kier alpha value is -0.730. The quantitative estimate of drug-likeness (QED) is 0.592. The van der Waals surface area contributed by atoms with Crippen LogP contribution in [0.15, 0.2) is 0 Å². The average Bonchev–Trinajstić information content (AvgIpc) is 2.18. The Morgan fingerprint density at radius 3 is 2.07 bits per heavy atom. The molecular formula is C11H23NO2. The molecule has 1 amide bonds. The zero-order valence-corrected chi connectivity index (χ0v) is 9.71. The zero-order chi connectivity index (χ0) is 10.8. The summed E-state index contributed by atoms with van der Waals surface area (Å²) in [4.78, 5) is 13.3. The molecule has 3 heteroatoms. The Kier molecular flexibility index (Phi) is 8.39. The lowest BCUT2D eigenvalue weighted by atomic mass is 10.3. The van der Waals surface area contributed by atoms with E-state index in [1.165, 1.54) is 0 Å². The SMILES string of the molecule is CCCCOC(=O)N(CCC)CCC. The van der Waals surface area contributed by atoms with Gasteiger partial charge in [-0.15, -0.1) is 0 Å². The lowest BCUT2D eigenvalue weighted by Crippen LogP contribution is -2.33. The second-order valence-electron chi connectivity index (χ2n) is 3.45. The van der Waals surface area contributed by atoms with Gasteiger partial charge in [0, 0.05) is 13.1 Å². The molecule has 0 aliphatic rings. The van der Waals surface area contributed by atoms with Gasteiger partial charge >= 0.3 is 6.09 Å². The van der Waals surface area contributed by atoms with Crippen LogP contribution in [-0.2, 0) is 4.74 Å². The summed E-state index contributed by atoms with van der Waals surface area (Å²) in [5, 5.41) is 0. The first kappa shape index (κ1) is 13.3. The van der Waals surface area contributed by atoms with Crippen LogP contribution in [0.1, 0.15) is 46.5 Å². The highest BCUT2D eigenvalue weighted by atomic mass is 16.6. The molecule has 84 valence electrons. The molecule has 0 unspecified atom stereocenters. The fourth-order valence-corrected chi connectivity index (χ4v) is 1.23. The van der Waals surface area contributed by atoms with Gasteiger partial charge in [-0.25, -0.2) is 4.79 Å². The van der Waals surface area contributed by atoms with Crippen molar-refractivity contribution in [1.29, 1.82) is 0 Å². The third kappa shape index (κ3) is 5.84. The van der Waals surface area contributed by atoms with Crippen LogP contribution < -0.4 is 0 Å². The van der Waals surface area contributed by atoms with Crippen LogP contribution in [0.25, 0.3) is 0 Å². The largest absolute Gasteiger partial charge is 0.449 e. The summed E-state index contributed by atoms with van der Waals surface area (Å²) >= 11 is 0. The number of nitrogens with zero attached hydrogens (tertiary/aromatic N) is 1. The van der Waals surface area contributed by atoms with Crippen LogP contribution in [0.5, 0.6) is 0 Å². The maximum absolute atomic E-state index is 11.5. The van der Waals surface area contributed by atoms with Crippen LogP contribution in [-0.4, -0.2) is 30.7 Å². The summed E-state index contributed by atoms with van der Waals surface area (Å²) in [6.45, 7) is 8.39. The Morgan fingerprint density at radius 1 is 1.07 bits per heavy atom. The molecule has 0 aliphatic heterocycles. The van der Waals surface area contributed by atoms with E-state index in [2.05, 4.69) is 20.8 Å². The van der Waals surface area contributed by atoms with Crippen molar-refractivity contribution in [2.24, 2.45) is 0 Å². The Labute approximate surface area is 87.4 Å². The molecule has 0 radical (unpaired) electrons. The minimum absolute atomic E-state index is 0.151. The highest BCUT2D eigenvalue weighted by Gasteiger charge is 2.11. The van der Waals surface area contributed by atoms with Gasteiger partial charge in [0.1, 0.15) is 0 Å². The van der Waals surface area contributed by atoms with Crippen LogP contribution in [0.2, 0.25) is 0 Å². The van der Waals surface area contributed by atoms with E-state index >= 15 is 0 Å². The van der Waals surface area contributed by atoms with Crippen molar-refractivity contribution in [3.8, 4) is 0 Å². The minimum atomic E-state index is -0.151. The first-order chi connectivity index (χ1) is 6.76. The number of hydrogen-bond donors (Lipinski definition) is 0. The van der Waals surface area contributed by atoms with Gasteiger partial charge in [0.25, 0.3) is 0 Å². The van der Waals surface area contributed by atoms with E-state index in [9.17, 15) is 4.79 Å². The van der Waals surface area contributed by atoms with Gasteiger partial charge < -0.3 is 9.64 Å². The number of carbonyl (C=O) groups excluding carboxylic acids is 1. The number of hydrogen-bond acceptors (Lipinski definition) is 2. The molecule has 0 saturated heterocycles. The van der Waals surface area contributed by atoms with Crippen molar-refractivity contribution >= 4 is 6.09 Å². The van der Waals surface area contributed by atoms with E-state index in [4.69, 9.17) is 4.74 Å². The second-order valence-corrected chi connectivity index (χ2v) is 3.45. The highest BCUT2D eigenvalue weighted by Crippen LogP contribution is 1.99. The van der Waals surface area contributed by atoms with Crippen LogP contribution in [0.3, 0.4) is 0 Å². The van der Waals surface area contributed by atoms with Gasteiger partial charge in [-0.3, -0.25) is 0 Å². The lowest BCUT2D eigenvalue weighted by molar-refractivity contribution is 0.101. The molecule has 0 aromatic heterocycles. The van der Waals surface area contributed by atoms with Crippen molar-refractivity contribution in [2.45, 2.75) is 46.5 Å². The van der Waals surface area contributed by atoms with Crippen molar-refractivity contribution < 1.29 is 9.53 Å². The summed E-state index contributed by atoms with van der Waals surface area (Å²) in [5.74, 6) is 0. The second kappa shape index (κ2) is 8.85. The first-order valence-electron chi connectivity index (χ1n) is 5.67. The van der Waals surface area contributed by atoms with Gasteiger partial charge in [0.05, 0.1) is 6.61 Å². The maximum Gasteiger partial charge on any atom is 0.409 e. The molecular weight excluding hydrogens is 178 g/mol. The molecule has 0 aliphatic carbocycles. The number of ether oxygens (including phenoxy) is 1. The van der Waals surface area contributed by atoms with Gasteiger partial charge in [-0.1, -0.05) is 27.2 Å². The van der Waals surface area contributed by atoms with E-state index in [0.29, 0.717) is 6.61 Å². The monoisotopic (exact) mass is 201 g/mol. The molecule has 0 fully saturated rings. The fraction of sp³-hybridized carbons (Fsp3) is 0.909. The van der Waals surface area contributed by atoms with E-state index in [-0.39, 0.29) is 6.09 Å². The molecule has 0 saturated carbocycles. The summed E-state index contributed by atoms with van der Waals surface area (Å²) in [5.41, 5.74) is 0.